The van der Waals surface area contributed by atoms with E-state index >= 15 is 0 Å². The van der Waals surface area contributed by atoms with Crippen LogP contribution < -0.4 is 0 Å². The molecule has 0 amide bonds. The molecule has 0 aromatic heterocycles. The molecule has 0 bridgehead atoms. The Hall–Kier alpha value is -0.570. The molecule has 1 fully saturated rings. The molecule has 0 aliphatic carbocycles. The predicted octanol–water partition coefficient (Wildman–Crippen LogP) is 5.12. The second-order valence-electron chi connectivity index (χ2n) is 7.50. The van der Waals surface area contributed by atoms with Crippen LogP contribution in [0.5, 0.6) is 0 Å². The molecule has 3 nitrogen and oxygen atoms in total. The first-order valence-corrected chi connectivity index (χ1v) is 9.28. The number of carbonyl (C=O) groups is 1. The normalized spacial score (nSPS) is 19.0. The van der Waals surface area contributed by atoms with Crippen LogP contribution in [0.4, 0.5) is 0 Å². The van der Waals surface area contributed by atoms with Crippen molar-refractivity contribution in [3.05, 3.63) is 0 Å². The summed E-state index contributed by atoms with van der Waals surface area (Å²) in [6.07, 6.45) is 11.3. The average molecular weight is 312 g/mol. The lowest BCUT2D eigenvalue weighted by Crippen LogP contribution is -2.30. The van der Waals surface area contributed by atoms with E-state index in [1.54, 1.807) is 0 Å². The number of epoxide rings is 1. The summed E-state index contributed by atoms with van der Waals surface area (Å²) in [5.41, 5.74) is -0.377. The van der Waals surface area contributed by atoms with Crippen LogP contribution in [0.15, 0.2) is 0 Å². The van der Waals surface area contributed by atoms with Gasteiger partial charge in [-0.05, 0) is 26.2 Å². The Morgan fingerprint density at radius 1 is 1.14 bits per heavy atom. The molecular weight excluding hydrogens is 276 g/mol. The number of ether oxygens (including phenoxy) is 2. The second-order valence-corrected chi connectivity index (χ2v) is 7.50. The SMILES string of the molecule is CCCCCCC(CCCC)CC(C)(C)C(=O)OCC1CO1. The second kappa shape index (κ2) is 10.3. The van der Waals surface area contributed by atoms with Gasteiger partial charge in [-0.15, -0.1) is 0 Å². The molecule has 3 heteroatoms. The molecule has 0 saturated carbocycles. The van der Waals surface area contributed by atoms with E-state index in [9.17, 15) is 4.79 Å². The molecular formula is C19H36O3. The molecule has 1 saturated heterocycles. The van der Waals surface area contributed by atoms with Crippen molar-refractivity contribution in [3.63, 3.8) is 0 Å². The number of esters is 1. The zero-order valence-electron chi connectivity index (χ0n) is 15.2. The van der Waals surface area contributed by atoms with Gasteiger partial charge in [-0.3, -0.25) is 4.79 Å². The summed E-state index contributed by atoms with van der Waals surface area (Å²) < 4.78 is 10.5. The molecule has 0 aromatic rings. The first-order valence-electron chi connectivity index (χ1n) is 9.28. The summed E-state index contributed by atoms with van der Waals surface area (Å²) in [4.78, 5) is 12.3. The molecule has 0 aromatic carbocycles. The summed E-state index contributed by atoms with van der Waals surface area (Å²) in [5.74, 6) is 0.592. The van der Waals surface area contributed by atoms with Gasteiger partial charge in [-0.1, -0.05) is 65.2 Å². The predicted molar refractivity (Wildman–Crippen MR) is 90.9 cm³/mol. The number of rotatable bonds is 13. The minimum Gasteiger partial charge on any atom is -0.462 e. The zero-order chi connectivity index (χ0) is 16.4. The van der Waals surface area contributed by atoms with Gasteiger partial charge in [0.2, 0.25) is 0 Å². The average Bonchev–Trinajstić information content (AvgIpc) is 3.30. The number of unbranched alkanes of at least 4 members (excludes halogenated alkanes) is 4. The van der Waals surface area contributed by atoms with E-state index in [0.29, 0.717) is 12.5 Å². The maximum Gasteiger partial charge on any atom is 0.311 e. The van der Waals surface area contributed by atoms with Crippen LogP contribution in [0.2, 0.25) is 0 Å². The maximum absolute atomic E-state index is 12.3. The molecule has 1 aliphatic rings. The largest absolute Gasteiger partial charge is 0.462 e. The smallest absolute Gasteiger partial charge is 0.311 e. The molecule has 0 N–H and O–H groups in total. The van der Waals surface area contributed by atoms with Gasteiger partial charge in [-0.25, -0.2) is 0 Å². The van der Waals surface area contributed by atoms with Gasteiger partial charge >= 0.3 is 5.97 Å². The van der Waals surface area contributed by atoms with Crippen molar-refractivity contribution in [1.29, 1.82) is 0 Å². The van der Waals surface area contributed by atoms with Crippen LogP contribution in [0.3, 0.4) is 0 Å². The van der Waals surface area contributed by atoms with Gasteiger partial charge < -0.3 is 9.47 Å². The first kappa shape index (κ1) is 19.5. The fraction of sp³-hybridized carbons (Fsp3) is 0.947. The zero-order valence-corrected chi connectivity index (χ0v) is 15.2. The summed E-state index contributed by atoms with van der Waals surface area (Å²) in [5, 5.41) is 0. The highest BCUT2D eigenvalue weighted by Crippen LogP contribution is 2.33. The molecule has 0 spiro atoms. The van der Waals surface area contributed by atoms with E-state index in [4.69, 9.17) is 9.47 Å². The third-order valence-electron chi connectivity index (χ3n) is 4.59. The van der Waals surface area contributed by atoms with Gasteiger partial charge in [0, 0.05) is 0 Å². The number of hydrogen-bond donors (Lipinski definition) is 0. The molecule has 1 heterocycles. The van der Waals surface area contributed by atoms with Crippen molar-refractivity contribution >= 4 is 5.97 Å². The summed E-state index contributed by atoms with van der Waals surface area (Å²) in [6, 6.07) is 0. The fourth-order valence-electron chi connectivity index (χ4n) is 3.03. The molecule has 2 unspecified atom stereocenters. The lowest BCUT2D eigenvalue weighted by Gasteiger charge is -2.28. The van der Waals surface area contributed by atoms with Crippen molar-refractivity contribution in [1.82, 2.24) is 0 Å². The Balaban J connectivity index is 2.39. The van der Waals surface area contributed by atoms with Crippen LogP contribution in [-0.2, 0) is 14.3 Å². The molecule has 0 radical (unpaired) electrons. The third kappa shape index (κ3) is 8.17. The van der Waals surface area contributed by atoms with E-state index in [0.717, 1.165) is 13.0 Å². The Morgan fingerprint density at radius 2 is 1.77 bits per heavy atom. The van der Waals surface area contributed by atoms with Gasteiger partial charge in [-0.2, -0.15) is 0 Å². The maximum atomic E-state index is 12.3. The standard InChI is InChI=1S/C19H36O3/c1-5-7-9-10-12-16(11-8-6-2)13-19(3,4)18(20)22-15-17-14-21-17/h16-17H,5-15H2,1-4H3. The van der Waals surface area contributed by atoms with Crippen LogP contribution in [0, 0.1) is 11.3 Å². The molecule has 1 aliphatic heterocycles. The highest BCUT2D eigenvalue weighted by molar-refractivity contribution is 5.75. The molecule has 22 heavy (non-hydrogen) atoms. The Labute approximate surface area is 137 Å². The van der Waals surface area contributed by atoms with Gasteiger partial charge in [0.1, 0.15) is 12.7 Å². The van der Waals surface area contributed by atoms with Crippen LogP contribution >= 0.6 is 0 Å². The van der Waals surface area contributed by atoms with Crippen molar-refractivity contribution in [2.45, 2.75) is 91.6 Å². The Morgan fingerprint density at radius 3 is 2.36 bits per heavy atom. The van der Waals surface area contributed by atoms with Crippen LogP contribution in [0.1, 0.15) is 85.5 Å². The molecule has 130 valence electrons. The first-order chi connectivity index (χ1) is 10.5. The number of hydrogen-bond acceptors (Lipinski definition) is 3. The minimum atomic E-state index is -0.377. The monoisotopic (exact) mass is 312 g/mol. The lowest BCUT2D eigenvalue weighted by molar-refractivity contribution is -0.155. The quantitative estimate of drug-likeness (QED) is 0.269. The minimum absolute atomic E-state index is 0.0574. The van der Waals surface area contributed by atoms with Gasteiger partial charge in [0.25, 0.3) is 0 Å². The summed E-state index contributed by atoms with van der Waals surface area (Å²) in [6.45, 7) is 9.73. The highest BCUT2D eigenvalue weighted by atomic mass is 16.6. The van der Waals surface area contributed by atoms with E-state index in [2.05, 4.69) is 13.8 Å². The van der Waals surface area contributed by atoms with E-state index in [1.807, 2.05) is 13.8 Å². The van der Waals surface area contributed by atoms with E-state index < -0.39 is 0 Å². The van der Waals surface area contributed by atoms with E-state index in [-0.39, 0.29) is 17.5 Å². The number of carbonyl (C=O) groups excluding carboxylic acids is 1. The van der Waals surface area contributed by atoms with E-state index in [1.165, 1.54) is 51.4 Å². The topological polar surface area (TPSA) is 38.8 Å². The third-order valence-corrected chi connectivity index (χ3v) is 4.59. The highest BCUT2D eigenvalue weighted by Gasteiger charge is 2.34. The van der Waals surface area contributed by atoms with Crippen LogP contribution in [-0.4, -0.2) is 25.3 Å². The van der Waals surface area contributed by atoms with Crippen molar-refractivity contribution < 1.29 is 14.3 Å². The summed E-state index contributed by atoms with van der Waals surface area (Å²) in [7, 11) is 0. The Bertz CT molecular complexity index is 308. The van der Waals surface area contributed by atoms with Gasteiger partial charge in [0.15, 0.2) is 0 Å². The van der Waals surface area contributed by atoms with Crippen molar-refractivity contribution in [3.8, 4) is 0 Å². The van der Waals surface area contributed by atoms with Crippen molar-refractivity contribution in [2.75, 3.05) is 13.2 Å². The fourth-order valence-corrected chi connectivity index (χ4v) is 3.03. The van der Waals surface area contributed by atoms with Gasteiger partial charge in [0.05, 0.1) is 12.0 Å². The Kier molecular flexibility index (Phi) is 9.08. The van der Waals surface area contributed by atoms with Crippen LogP contribution in [0.25, 0.3) is 0 Å². The van der Waals surface area contributed by atoms with Crippen molar-refractivity contribution in [2.24, 2.45) is 11.3 Å². The molecule has 2 atom stereocenters. The lowest BCUT2D eigenvalue weighted by atomic mass is 9.79. The molecule has 1 rings (SSSR count). The summed E-state index contributed by atoms with van der Waals surface area (Å²) >= 11 is 0.